The zero-order valence-electron chi connectivity index (χ0n) is 12.4. The lowest BCUT2D eigenvalue weighted by molar-refractivity contribution is -0.144. The van der Waals surface area contributed by atoms with E-state index in [9.17, 15) is 4.79 Å². The second kappa shape index (κ2) is 7.57. The summed E-state index contributed by atoms with van der Waals surface area (Å²) in [5, 5.41) is 3.95. The Kier molecular flexibility index (Phi) is 5.49. The van der Waals surface area contributed by atoms with Crippen LogP contribution >= 0.6 is 0 Å². The third-order valence-electron chi connectivity index (χ3n) is 3.14. The monoisotopic (exact) mass is 288 g/mol. The molecule has 1 atom stereocenters. The van der Waals surface area contributed by atoms with Gasteiger partial charge in [0.2, 0.25) is 5.89 Å². The van der Waals surface area contributed by atoms with Gasteiger partial charge < -0.3 is 9.26 Å². The molecular weight excluding hydrogens is 268 g/mol. The largest absolute Gasteiger partial charge is 0.465 e. The number of unbranched alkanes of at least 4 members (excludes halogenated alkanes) is 1. The van der Waals surface area contributed by atoms with Crippen LogP contribution in [0.2, 0.25) is 0 Å². The van der Waals surface area contributed by atoms with E-state index < -0.39 is 5.92 Å². The van der Waals surface area contributed by atoms with Crippen LogP contribution in [0.1, 0.15) is 49.9 Å². The van der Waals surface area contributed by atoms with Crippen LogP contribution in [0, 0.1) is 0 Å². The fraction of sp³-hybridized carbons (Fsp3) is 0.438. The number of nitrogens with zero attached hydrogens (tertiary/aromatic N) is 2. The van der Waals surface area contributed by atoms with Crippen LogP contribution in [0.3, 0.4) is 0 Å². The SMILES string of the molecule is CCCCc1noc(C(C(=O)OCC)c2ccccc2)n1. The van der Waals surface area contributed by atoms with Crippen molar-refractivity contribution in [3.63, 3.8) is 0 Å². The Hall–Kier alpha value is -2.17. The van der Waals surface area contributed by atoms with E-state index in [0.717, 1.165) is 24.8 Å². The summed E-state index contributed by atoms with van der Waals surface area (Å²) in [6.07, 6.45) is 2.81. The fourth-order valence-electron chi connectivity index (χ4n) is 2.07. The molecule has 0 amide bonds. The van der Waals surface area contributed by atoms with Crippen molar-refractivity contribution in [1.29, 1.82) is 0 Å². The summed E-state index contributed by atoms with van der Waals surface area (Å²) in [7, 11) is 0. The molecule has 0 saturated carbocycles. The molecule has 21 heavy (non-hydrogen) atoms. The van der Waals surface area contributed by atoms with Crippen LogP contribution in [0.5, 0.6) is 0 Å². The summed E-state index contributed by atoms with van der Waals surface area (Å²) in [6, 6.07) is 9.35. The Morgan fingerprint density at radius 1 is 1.29 bits per heavy atom. The lowest BCUT2D eigenvalue weighted by atomic mass is 9.99. The van der Waals surface area contributed by atoms with Crippen LogP contribution in [0.25, 0.3) is 0 Å². The molecule has 2 rings (SSSR count). The zero-order chi connectivity index (χ0) is 15.1. The lowest BCUT2D eigenvalue weighted by Crippen LogP contribution is -2.17. The normalized spacial score (nSPS) is 12.1. The van der Waals surface area contributed by atoms with Gasteiger partial charge in [0.05, 0.1) is 6.61 Å². The molecule has 0 aliphatic carbocycles. The topological polar surface area (TPSA) is 65.2 Å². The van der Waals surface area contributed by atoms with E-state index in [0.29, 0.717) is 18.3 Å². The van der Waals surface area contributed by atoms with Gasteiger partial charge in [-0.2, -0.15) is 4.98 Å². The van der Waals surface area contributed by atoms with Crippen molar-refractivity contribution in [2.24, 2.45) is 0 Å². The van der Waals surface area contributed by atoms with Crippen molar-refractivity contribution in [3.8, 4) is 0 Å². The minimum atomic E-state index is -0.658. The van der Waals surface area contributed by atoms with E-state index in [4.69, 9.17) is 9.26 Å². The highest BCUT2D eigenvalue weighted by Crippen LogP contribution is 2.25. The molecule has 112 valence electrons. The summed E-state index contributed by atoms with van der Waals surface area (Å²) in [6.45, 7) is 4.20. The third kappa shape index (κ3) is 3.90. The van der Waals surface area contributed by atoms with E-state index in [1.54, 1.807) is 6.92 Å². The predicted octanol–water partition coefficient (Wildman–Crippen LogP) is 3.11. The lowest BCUT2D eigenvalue weighted by Gasteiger charge is -2.11. The van der Waals surface area contributed by atoms with Crippen LogP contribution in [-0.2, 0) is 16.0 Å². The Morgan fingerprint density at radius 3 is 2.71 bits per heavy atom. The van der Waals surface area contributed by atoms with Gasteiger partial charge in [0.25, 0.3) is 0 Å². The van der Waals surface area contributed by atoms with Gasteiger partial charge in [-0.15, -0.1) is 0 Å². The fourth-order valence-corrected chi connectivity index (χ4v) is 2.07. The number of ether oxygens (including phenoxy) is 1. The average Bonchev–Trinajstić information content (AvgIpc) is 2.95. The molecule has 5 heteroatoms. The number of rotatable bonds is 7. The second-order valence-electron chi connectivity index (χ2n) is 4.75. The highest BCUT2D eigenvalue weighted by Gasteiger charge is 2.29. The van der Waals surface area contributed by atoms with E-state index in [-0.39, 0.29) is 5.97 Å². The minimum Gasteiger partial charge on any atom is -0.465 e. The number of carbonyl (C=O) groups is 1. The Labute approximate surface area is 124 Å². The summed E-state index contributed by atoms with van der Waals surface area (Å²) in [4.78, 5) is 16.6. The second-order valence-corrected chi connectivity index (χ2v) is 4.75. The summed E-state index contributed by atoms with van der Waals surface area (Å²) in [5.74, 6) is -0.0914. The number of aryl methyl sites for hydroxylation is 1. The number of esters is 1. The zero-order valence-corrected chi connectivity index (χ0v) is 12.4. The van der Waals surface area contributed by atoms with Gasteiger partial charge in [-0.25, -0.2) is 0 Å². The van der Waals surface area contributed by atoms with Crippen LogP contribution in [-0.4, -0.2) is 22.7 Å². The molecule has 2 aromatic rings. The summed E-state index contributed by atoms with van der Waals surface area (Å²) in [5.41, 5.74) is 0.793. The van der Waals surface area contributed by atoms with Gasteiger partial charge in [0.1, 0.15) is 0 Å². The number of hydrogen-bond donors (Lipinski definition) is 0. The highest BCUT2D eigenvalue weighted by molar-refractivity contribution is 5.80. The number of aromatic nitrogens is 2. The molecule has 0 radical (unpaired) electrons. The molecule has 0 spiro atoms. The molecule has 1 aromatic heterocycles. The van der Waals surface area contributed by atoms with Crippen LogP contribution in [0.15, 0.2) is 34.9 Å². The summed E-state index contributed by atoms with van der Waals surface area (Å²) >= 11 is 0. The summed E-state index contributed by atoms with van der Waals surface area (Å²) < 4.78 is 10.4. The maximum absolute atomic E-state index is 12.2. The van der Waals surface area contributed by atoms with Gasteiger partial charge >= 0.3 is 5.97 Å². The molecular formula is C16H20N2O3. The molecule has 1 aromatic carbocycles. The van der Waals surface area contributed by atoms with E-state index >= 15 is 0 Å². The third-order valence-corrected chi connectivity index (χ3v) is 3.14. The van der Waals surface area contributed by atoms with Gasteiger partial charge in [0, 0.05) is 6.42 Å². The standard InChI is InChI=1S/C16H20N2O3/c1-3-5-11-13-17-15(21-18-13)14(16(19)20-4-2)12-9-7-6-8-10-12/h6-10,14H,3-5,11H2,1-2H3. The first-order valence-electron chi connectivity index (χ1n) is 7.30. The smallest absolute Gasteiger partial charge is 0.323 e. The van der Waals surface area contributed by atoms with Gasteiger partial charge in [-0.3, -0.25) is 4.79 Å². The highest BCUT2D eigenvalue weighted by atomic mass is 16.5. The van der Waals surface area contributed by atoms with E-state index in [2.05, 4.69) is 17.1 Å². The molecule has 0 aliphatic rings. The quantitative estimate of drug-likeness (QED) is 0.732. The molecule has 1 heterocycles. The van der Waals surface area contributed by atoms with E-state index in [1.165, 1.54) is 0 Å². The van der Waals surface area contributed by atoms with Crippen molar-refractivity contribution in [3.05, 3.63) is 47.6 Å². The van der Waals surface area contributed by atoms with Gasteiger partial charge in [-0.05, 0) is 18.9 Å². The van der Waals surface area contributed by atoms with Gasteiger partial charge in [0.15, 0.2) is 11.7 Å². The van der Waals surface area contributed by atoms with Crippen molar-refractivity contribution in [1.82, 2.24) is 10.1 Å². The molecule has 0 fully saturated rings. The van der Waals surface area contributed by atoms with Crippen LogP contribution in [0.4, 0.5) is 0 Å². The minimum absolute atomic E-state index is 0.297. The van der Waals surface area contributed by atoms with Crippen molar-refractivity contribution < 1.29 is 14.1 Å². The first-order valence-corrected chi connectivity index (χ1v) is 7.30. The molecule has 0 N–H and O–H groups in total. The Bertz CT molecular complexity index is 566. The number of carbonyl (C=O) groups excluding carboxylic acids is 1. The molecule has 1 unspecified atom stereocenters. The number of hydrogen-bond acceptors (Lipinski definition) is 5. The maximum atomic E-state index is 12.2. The van der Waals surface area contributed by atoms with Crippen LogP contribution < -0.4 is 0 Å². The maximum Gasteiger partial charge on any atom is 0.323 e. The average molecular weight is 288 g/mol. The molecule has 0 saturated heterocycles. The Morgan fingerprint density at radius 2 is 2.05 bits per heavy atom. The first-order chi connectivity index (χ1) is 10.3. The molecule has 0 aliphatic heterocycles. The Balaban J connectivity index is 2.27. The first kappa shape index (κ1) is 15.2. The predicted molar refractivity (Wildman–Crippen MR) is 77.8 cm³/mol. The van der Waals surface area contributed by atoms with Gasteiger partial charge in [-0.1, -0.05) is 48.8 Å². The van der Waals surface area contributed by atoms with Crippen molar-refractivity contribution >= 4 is 5.97 Å². The van der Waals surface area contributed by atoms with Crippen molar-refractivity contribution in [2.75, 3.05) is 6.61 Å². The van der Waals surface area contributed by atoms with E-state index in [1.807, 2.05) is 30.3 Å². The molecule has 0 bridgehead atoms. The molecule has 5 nitrogen and oxygen atoms in total. The number of benzene rings is 1. The van der Waals surface area contributed by atoms with Crippen molar-refractivity contribution in [2.45, 2.75) is 39.0 Å².